The van der Waals surface area contributed by atoms with Crippen molar-refractivity contribution in [2.24, 2.45) is 0 Å². The highest BCUT2D eigenvalue weighted by Crippen LogP contribution is 2.50. The van der Waals surface area contributed by atoms with Crippen LogP contribution in [0.2, 0.25) is 0 Å². The fourth-order valence-electron chi connectivity index (χ4n) is 5.52. The lowest BCUT2D eigenvalue weighted by molar-refractivity contribution is 1.59. The van der Waals surface area contributed by atoms with Gasteiger partial charge in [-0.1, -0.05) is 115 Å². The average Bonchev–Trinajstić information content (AvgIpc) is 3.28. The van der Waals surface area contributed by atoms with E-state index in [0.29, 0.717) is 5.69 Å². The van der Waals surface area contributed by atoms with Crippen molar-refractivity contribution in [2.45, 2.75) is 0 Å². The van der Waals surface area contributed by atoms with Gasteiger partial charge < -0.3 is 0 Å². The van der Waals surface area contributed by atoms with E-state index in [9.17, 15) is 0 Å². The lowest BCUT2D eigenvalue weighted by Gasteiger charge is -2.09. The van der Waals surface area contributed by atoms with E-state index >= 15 is 0 Å². The maximum atomic E-state index is 7.28. The molecule has 0 amide bonds. The van der Waals surface area contributed by atoms with Crippen LogP contribution in [0, 0.1) is 6.57 Å². The summed E-state index contributed by atoms with van der Waals surface area (Å²) in [5.41, 5.74) is 13.0. The molecule has 0 fully saturated rings. The Balaban J connectivity index is 1.31. The minimum absolute atomic E-state index is 0.666. The van der Waals surface area contributed by atoms with Crippen LogP contribution in [0.4, 0.5) is 5.69 Å². The smallest absolute Gasteiger partial charge is 0.187 e. The van der Waals surface area contributed by atoms with E-state index in [1.54, 1.807) is 0 Å². The molecule has 0 saturated heterocycles. The van der Waals surface area contributed by atoms with E-state index in [1.807, 2.05) is 18.2 Å². The largest absolute Gasteiger partial charge is 0.238 e. The van der Waals surface area contributed by atoms with Gasteiger partial charge >= 0.3 is 0 Å². The maximum absolute atomic E-state index is 7.28. The van der Waals surface area contributed by atoms with Gasteiger partial charge in [0.25, 0.3) is 0 Å². The summed E-state index contributed by atoms with van der Waals surface area (Å²) in [6.45, 7) is 7.28. The third kappa shape index (κ3) is 3.17. The normalized spacial score (nSPS) is 11.3. The summed E-state index contributed by atoms with van der Waals surface area (Å²) in [6.07, 6.45) is 0. The first-order valence-electron chi connectivity index (χ1n) is 12.1. The van der Waals surface area contributed by atoms with Crippen LogP contribution in [-0.2, 0) is 0 Å². The first-order valence-corrected chi connectivity index (χ1v) is 12.1. The van der Waals surface area contributed by atoms with E-state index in [0.717, 1.165) is 11.1 Å². The summed E-state index contributed by atoms with van der Waals surface area (Å²) in [5, 5.41) is 2.65. The van der Waals surface area contributed by atoms with Gasteiger partial charge in [0.05, 0.1) is 6.57 Å². The minimum Gasteiger partial charge on any atom is -0.238 e. The van der Waals surface area contributed by atoms with E-state index in [-0.39, 0.29) is 0 Å². The molecule has 1 aliphatic rings. The summed E-state index contributed by atoms with van der Waals surface area (Å²) in [6, 6.07) is 45.2. The Bertz CT molecular complexity index is 1820. The van der Waals surface area contributed by atoms with Crippen molar-refractivity contribution in [1.82, 2.24) is 0 Å². The van der Waals surface area contributed by atoms with Gasteiger partial charge in [0.1, 0.15) is 0 Å². The zero-order valence-corrected chi connectivity index (χ0v) is 19.6. The van der Waals surface area contributed by atoms with Crippen molar-refractivity contribution in [1.29, 1.82) is 0 Å². The molecule has 6 aromatic rings. The molecular formula is C35H21N. The number of nitrogens with zero attached hydrogens (tertiary/aromatic N) is 1. The summed E-state index contributed by atoms with van der Waals surface area (Å²) < 4.78 is 0. The van der Waals surface area contributed by atoms with Gasteiger partial charge in [-0.15, -0.1) is 0 Å². The summed E-state index contributed by atoms with van der Waals surface area (Å²) >= 11 is 0. The Morgan fingerprint density at radius 3 is 1.78 bits per heavy atom. The van der Waals surface area contributed by atoms with Gasteiger partial charge in [-0.05, 0) is 78.5 Å². The highest BCUT2D eigenvalue weighted by atomic mass is 14.6. The van der Waals surface area contributed by atoms with Crippen molar-refractivity contribution < 1.29 is 0 Å². The van der Waals surface area contributed by atoms with Crippen LogP contribution in [0.3, 0.4) is 0 Å². The molecule has 0 atom stereocenters. The van der Waals surface area contributed by atoms with Crippen molar-refractivity contribution in [3.05, 3.63) is 139 Å². The van der Waals surface area contributed by atoms with Crippen LogP contribution >= 0.6 is 0 Å². The molecule has 0 spiro atoms. The fourth-order valence-corrected chi connectivity index (χ4v) is 5.52. The van der Waals surface area contributed by atoms with Gasteiger partial charge in [-0.2, -0.15) is 0 Å². The Morgan fingerprint density at radius 2 is 1.00 bits per heavy atom. The number of rotatable bonds is 3. The molecule has 0 N–H and O–H groups in total. The Hall–Kier alpha value is -4.93. The summed E-state index contributed by atoms with van der Waals surface area (Å²) in [7, 11) is 0. The molecule has 7 rings (SSSR count). The number of benzene rings is 6. The second-order valence-electron chi connectivity index (χ2n) is 9.25. The Labute approximate surface area is 210 Å². The topological polar surface area (TPSA) is 4.36 Å². The lowest BCUT2D eigenvalue weighted by atomic mass is 9.94. The monoisotopic (exact) mass is 455 g/mol. The van der Waals surface area contributed by atoms with Crippen molar-refractivity contribution in [3.63, 3.8) is 0 Å². The zero-order chi connectivity index (χ0) is 24.1. The van der Waals surface area contributed by atoms with Crippen molar-refractivity contribution in [2.75, 3.05) is 0 Å². The predicted octanol–water partition coefficient (Wildman–Crippen LogP) is 10.0. The third-order valence-electron chi connectivity index (χ3n) is 7.25. The quantitative estimate of drug-likeness (QED) is 0.233. The number of hydrogen-bond acceptors (Lipinski definition) is 0. The van der Waals surface area contributed by atoms with Gasteiger partial charge in [0.2, 0.25) is 0 Å². The fraction of sp³-hybridized carbons (Fsp3) is 0. The molecule has 0 heterocycles. The molecule has 0 aliphatic heterocycles. The molecular weight excluding hydrogens is 434 g/mol. The standard InChI is InChI=1S/C35H21N/c1-36-28-10-5-9-26(21-28)23-13-15-24(16-14-23)27-17-18-30-33-20-19-29(25-7-3-2-4-8-25)31-11-6-12-32(35(31)33)34(30)22-27/h2-22H. The van der Waals surface area contributed by atoms with Crippen LogP contribution in [0.1, 0.15) is 0 Å². The zero-order valence-electron chi connectivity index (χ0n) is 19.6. The molecule has 0 unspecified atom stereocenters. The first-order chi connectivity index (χ1) is 17.8. The van der Waals surface area contributed by atoms with Crippen LogP contribution in [0.25, 0.3) is 71.3 Å². The lowest BCUT2D eigenvalue weighted by Crippen LogP contribution is -1.83. The van der Waals surface area contributed by atoms with Crippen LogP contribution in [0.15, 0.2) is 127 Å². The maximum Gasteiger partial charge on any atom is 0.187 e. The Kier molecular flexibility index (Phi) is 4.59. The van der Waals surface area contributed by atoms with Gasteiger partial charge in [-0.25, -0.2) is 4.85 Å². The first kappa shape index (κ1) is 20.4. The molecule has 0 aromatic heterocycles. The predicted molar refractivity (Wildman–Crippen MR) is 151 cm³/mol. The molecule has 1 heteroatoms. The molecule has 0 radical (unpaired) electrons. The van der Waals surface area contributed by atoms with Gasteiger partial charge in [0.15, 0.2) is 5.69 Å². The molecule has 0 bridgehead atoms. The van der Waals surface area contributed by atoms with Gasteiger partial charge in [0, 0.05) is 0 Å². The highest BCUT2D eigenvalue weighted by Gasteiger charge is 2.23. The molecule has 166 valence electrons. The van der Waals surface area contributed by atoms with E-state index < -0.39 is 0 Å². The summed E-state index contributed by atoms with van der Waals surface area (Å²) in [4.78, 5) is 3.56. The minimum atomic E-state index is 0.666. The Morgan fingerprint density at radius 1 is 0.389 bits per heavy atom. The van der Waals surface area contributed by atoms with E-state index in [2.05, 4.69) is 114 Å². The molecule has 1 aliphatic carbocycles. The summed E-state index contributed by atoms with van der Waals surface area (Å²) in [5.74, 6) is 0. The highest BCUT2D eigenvalue weighted by molar-refractivity contribution is 6.19. The van der Waals surface area contributed by atoms with Gasteiger partial charge in [-0.3, -0.25) is 0 Å². The van der Waals surface area contributed by atoms with Crippen LogP contribution in [0.5, 0.6) is 0 Å². The van der Waals surface area contributed by atoms with E-state index in [1.165, 1.54) is 55.3 Å². The third-order valence-corrected chi connectivity index (χ3v) is 7.25. The molecule has 36 heavy (non-hydrogen) atoms. The second kappa shape index (κ2) is 8.08. The SMILES string of the molecule is [C-]#[N+]c1cccc(-c2ccc(-c3ccc4c(c3)-c3cccc5c(-c6ccccc6)ccc-4c35)cc2)c1. The van der Waals surface area contributed by atoms with Crippen molar-refractivity contribution >= 4 is 16.5 Å². The number of fused-ring (bicyclic) bond motifs is 3. The molecule has 0 saturated carbocycles. The second-order valence-corrected chi connectivity index (χ2v) is 9.25. The number of hydrogen-bond donors (Lipinski definition) is 0. The molecule has 1 nitrogen and oxygen atoms in total. The van der Waals surface area contributed by atoms with Crippen LogP contribution < -0.4 is 0 Å². The van der Waals surface area contributed by atoms with E-state index in [4.69, 9.17) is 6.57 Å². The average molecular weight is 456 g/mol. The molecule has 6 aromatic carbocycles. The van der Waals surface area contributed by atoms with Crippen LogP contribution in [-0.4, -0.2) is 0 Å². The van der Waals surface area contributed by atoms with Crippen molar-refractivity contribution in [3.8, 4) is 55.6 Å².